The summed E-state index contributed by atoms with van der Waals surface area (Å²) in [6.07, 6.45) is 0. The van der Waals surface area contributed by atoms with Crippen LogP contribution in [0.25, 0.3) is 0 Å². The molecule has 0 fully saturated rings. The topological polar surface area (TPSA) is 49.8 Å². The molecule has 0 aliphatic rings. The molecule has 0 unspecified atom stereocenters. The van der Waals surface area contributed by atoms with E-state index in [-0.39, 0.29) is 0 Å². The van der Waals surface area contributed by atoms with Crippen LogP contribution in [-0.4, -0.2) is 17.0 Å². The van der Waals surface area contributed by atoms with Gasteiger partial charge in [0.05, 0.1) is 5.69 Å². The third kappa shape index (κ3) is 2.14. The van der Waals surface area contributed by atoms with Crippen LogP contribution in [0.1, 0.15) is 11.4 Å². The predicted molar refractivity (Wildman–Crippen MR) is 68.7 cm³/mol. The zero-order valence-corrected chi connectivity index (χ0v) is 10.4. The molecule has 0 radical (unpaired) electrons. The van der Waals surface area contributed by atoms with Crippen molar-refractivity contribution in [2.24, 2.45) is 0 Å². The van der Waals surface area contributed by atoms with Crippen LogP contribution < -0.4 is 10.6 Å². The van der Waals surface area contributed by atoms with Crippen molar-refractivity contribution in [2.75, 3.05) is 17.7 Å². The molecule has 0 atom stereocenters. The third-order valence-corrected chi connectivity index (χ3v) is 2.96. The number of thiophene rings is 1. The maximum absolute atomic E-state index is 4.40. The van der Waals surface area contributed by atoms with E-state index in [2.05, 4.69) is 26.0 Å². The average Bonchev–Trinajstić information content (AvgIpc) is 2.75. The summed E-state index contributed by atoms with van der Waals surface area (Å²) in [4.78, 5) is 8.72. The van der Waals surface area contributed by atoms with E-state index in [1.165, 1.54) is 0 Å². The maximum atomic E-state index is 4.40. The van der Waals surface area contributed by atoms with Gasteiger partial charge in [-0.05, 0) is 25.3 Å². The fourth-order valence-corrected chi connectivity index (χ4v) is 2.05. The molecule has 0 amide bonds. The Morgan fingerprint density at radius 1 is 1.19 bits per heavy atom. The summed E-state index contributed by atoms with van der Waals surface area (Å²) < 4.78 is 0. The Bertz CT molecular complexity index is 479. The number of anilines is 3. The highest BCUT2D eigenvalue weighted by atomic mass is 32.1. The van der Waals surface area contributed by atoms with Gasteiger partial charge in [0, 0.05) is 18.0 Å². The molecule has 16 heavy (non-hydrogen) atoms. The lowest BCUT2D eigenvalue weighted by Crippen LogP contribution is -2.04. The monoisotopic (exact) mass is 234 g/mol. The Kier molecular flexibility index (Phi) is 3.05. The van der Waals surface area contributed by atoms with Gasteiger partial charge < -0.3 is 10.6 Å². The van der Waals surface area contributed by atoms with E-state index in [4.69, 9.17) is 0 Å². The lowest BCUT2D eigenvalue weighted by molar-refractivity contribution is 1.04. The fraction of sp³-hybridized carbons (Fsp3) is 0.273. The molecule has 2 aromatic heterocycles. The number of nitrogens with zero attached hydrogens (tertiary/aromatic N) is 2. The normalized spacial score (nSPS) is 10.2. The molecule has 0 spiro atoms. The van der Waals surface area contributed by atoms with Gasteiger partial charge in [0.15, 0.2) is 0 Å². The first-order valence-electron chi connectivity index (χ1n) is 5.03. The number of hydrogen-bond acceptors (Lipinski definition) is 5. The zero-order valence-electron chi connectivity index (χ0n) is 9.53. The number of aromatic nitrogens is 2. The predicted octanol–water partition coefficient (Wildman–Crippen LogP) is 2.94. The highest BCUT2D eigenvalue weighted by Gasteiger charge is 2.08. The van der Waals surface area contributed by atoms with Gasteiger partial charge in [-0.25, -0.2) is 9.97 Å². The van der Waals surface area contributed by atoms with Crippen molar-refractivity contribution in [1.82, 2.24) is 9.97 Å². The second-order valence-electron chi connectivity index (χ2n) is 3.48. The second kappa shape index (κ2) is 4.49. The van der Waals surface area contributed by atoms with Gasteiger partial charge in [-0.1, -0.05) is 0 Å². The Morgan fingerprint density at radius 3 is 2.56 bits per heavy atom. The van der Waals surface area contributed by atoms with Crippen molar-refractivity contribution in [1.29, 1.82) is 0 Å². The molecule has 2 aromatic rings. The van der Waals surface area contributed by atoms with Crippen LogP contribution in [0.4, 0.5) is 17.3 Å². The minimum Gasteiger partial charge on any atom is -0.373 e. The van der Waals surface area contributed by atoms with Crippen LogP contribution in [0.2, 0.25) is 0 Å². The van der Waals surface area contributed by atoms with Gasteiger partial charge in [-0.3, -0.25) is 0 Å². The Hall–Kier alpha value is -1.62. The van der Waals surface area contributed by atoms with Crippen molar-refractivity contribution in [3.05, 3.63) is 28.2 Å². The van der Waals surface area contributed by atoms with Crippen LogP contribution in [0.5, 0.6) is 0 Å². The summed E-state index contributed by atoms with van der Waals surface area (Å²) in [5, 5.41) is 10.4. The molecule has 84 valence electrons. The standard InChI is InChI=1S/C11H14N4S/c1-7-10(12-3)13-8(2)14-11(7)15-9-4-5-16-6-9/h4-6H,1-3H3,(H2,12,13,14,15). The van der Waals surface area contributed by atoms with Crippen molar-refractivity contribution >= 4 is 28.7 Å². The Labute approximate surface area is 98.8 Å². The fourth-order valence-electron chi connectivity index (χ4n) is 1.47. The minimum absolute atomic E-state index is 0.757. The maximum Gasteiger partial charge on any atom is 0.139 e. The highest BCUT2D eigenvalue weighted by molar-refractivity contribution is 7.08. The molecule has 4 nitrogen and oxygen atoms in total. The lowest BCUT2D eigenvalue weighted by atomic mass is 10.3. The van der Waals surface area contributed by atoms with Gasteiger partial charge in [-0.2, -0.15) is 11.3 Å². The SMILES string of the molecule is CNc1nc(C)nc(Nc2ccsc2)c1C. The van der Waals surface area contributed by atoms with E-state index in [0.29, 0.717) is 0 Å². The van der Waals surface area contributed by atoms with Crippen molar-refractivity contribution < 1.29 is 0 Å². The van der Waals surface area contributed by atoms with Crippen molar-refractivity contribution in [2.45, 2.75) is 13.8 Å². The molecular formula is C11H14N4S. The van der Waals surface area contributed by atoms with Crippen molar-refractivity contribution in [3.8, 4) is 0 Å². The highest BCUT2D eigenvalue weighted by Crippen LogP contribution is 2.24. The summed E-state index contributed by atoms with van der Waals surface area (Å²) in [6.45, 7) is 3.89. The third-order valence-electron chi connectivity index (χ3n) is 2.28. The van der Waals surface area contributed by atoms with Crippen molar-refractivity contribution in [3.63, 3.8) is 0 Å². The summed E-state index contributed by atoms with van der Waals surface area (Å²) >= 11 is 1.66. The molecule has 0 aliphatic heterocycles. The average molecular weight is 234 g/mol. The largest absolute Gasteiger partial charge is 0.373 e. The van der Waals surface area contributed by atoms with Gasteiger partial charge in [0.25, 0.3) is 0 Å². The van der Waals surface area contributed by atoms with Crippen LogP contribution in [0, 0.1) is 13.8 Å². The smallest absolute Gasteiger partial charge is 0.139 e. The molecule has 2 heterocycles. The summed E-state index contributed by atoms with van der Waals surface area (Å²) in [5.41, 5.74) is 2.09. The lowest BCUT2D eigenvalue weighted by Gasteiger charge is -2.11. The van der Waals surface area contributed by atoms with E-state index in [0.717, 1.165) is 28.7 Å². The Morgan fingerprint density at radius 2 is 1.94 bits per heavy atom. The first-order valence-corrected chi connectivity index (χ1v) is 5.97. The van der Waals surface area contributed by atoms with Crippen LogP contribution in [0.15, 0.2) is 16.8 Å². The number of hydrogen-bond donors (Lipinski definition) is 2. The molecule has 0 aliphatic carbocycles. The van der Waals surface area contributed by atoms with Gasteiger partial charge in [-0.15, -0.1) is 0 Å². The molecule has 2 rings (SSSR count). The number of aryl methyl sites for hydroxylation is 1. The van der Waals surface area contributed by atoms with E-state index < -0.39 is 0 Å². The van der Waals surface area contributed by atoms with E-state index in [9.17, 15) is 0 Å². The quantitative estimate of drug-likeness (QED) is 0.857. The molecule has 0 bridgehead atoms. The van der Waals surface area contributed by atoms with Gasteiger partial charge in [0.2, 0.25) is 0 Å². The summed E-state index contributed by atoms with van der Waals surface area (Å²) in [6, 6.07) is 2.03. The Balaban J connectivity index is 2.36. The van der Waals surface area contributed by atoms with E-state index in [1.54, 1.807) is 11.3 Å². The number of nitrogens with one attached hydrogen (secondary N) is 2. The van der Waals surface area contributed by atoms with Crippen LogP contribution in [0.3, 0.4) is 0 Å². The zero-order chi connectivity index (χ0) is 11.5. The molecule has 5 heteroatoms. The van der Waals surface area contributed by atoms with E-state index in [1.807, 2.05) is 32.3 Å². The van der Waals surface area contributed by atoms with Gasteiger partial charge in [0.1, 0.15) is 17.5 Å². The molecule has 0 saturated carbocycles. The van der Waals surface area contributed by atoms with Crippen LogP contribution in [-0.2, 0) is 0 Å². The molecule has 0 saturated heterocycles. The molecular weight excluding hydrogens is 220 g/mol. The van der Waals surface area contributed by atoms with Crippen LogP contribution >= 0.6 is 11.3 Å². The second-order valence-corrected chi connectivity index (χ2v) is 4.26. The molecule has 0 aromatic carbocycles. The first-order chi connectivity index (χ1) is 7.70. The van der Waals surface area contributed by atoms with Gasteiger partial charge >= 0.3 is 0 Å². The summed E-state index contributed by atoms with van der Waals surface area (Å²) in [5.74, 6) is 2.48. The molecule has 2 N–H and O–H groups in total. The minimum atomic E-state index is 0.757. The first kappa shape index (κ1) is 10.9. The summed E-state index contributed by atoms with van der Waals surface area (Å²) in [7, 11) is 1.86. The number of rotatable bonds is 3. The van der Waals surface area contributed by atoms with E-state index >= 15 is 0 Å².